The summed E-state index contributed by atoms with van der Waals surface area (Å²) in [6.45, 7) is 3.16. The predicted octanol–water partition coefficient (Wildman–Crippen LogP) is 2.05. The van der Waals surface area contributed by atoms with Crippen LogP contribution in [0.2, 0.25) is 0 Å². The van der Waals surface area contributed by atoms with Gasteiger partial charge in [0.05, 0.1) is 0 Å². The summed E-state index contributed by atoms with van der Waals surface area (Å²) in [5, 5.41) is 3.41. The quantitative estimate of drug-likeness (QED) is 0.655. The Morgan fingerprint density at radius 3 is 2.62 bits per heavy atom. The second kappa shape index (κ2) is 5.61. The number of hydrogen-bond acceptors (Lipinski definition) is 2. The molecule has 0 aromatic heterocycles. The molecule has 0 bridgehead atoms. The molecule has 0 aromatic rings. The molecule has 1 rings (SSSR count). The van der Waals surface area contributed by atoms with E-state index in [9.17, 15) is 0 Å². The topological polar surface area (TPSA) is 21.3 Å². The van der Waals surface area contributed by atoms with Gasteiger partial charge in [-0.3, -0.25) is 0 Å². The molecular formula is C11H23NO. The fraction of sp³-hybridized carbons (Fsp3) is 1.00. The van der Waals surface area contributed by atoms with Crippen LogP contribution in [0.4, 0.5) is 0 Å². The van der Waals surface area contributed by atoms with Crippen molar-refractivity contribution in [2.75, 3.05) is 20.8 Å². The van der Waals surface area contributed by atoms with E-state index in [1.54, 1.807) is 7.11 Å². The molecule has 0 saturated heterocycles. The largest absolute Gasteiger partial charge is 0.384 e. The first-order chi connectivity index (χ1) is 6.26. The molecule has 0 amide bonds. The molecule has 0 aromatic carbocycles. The Bertz CT molecular complexity index is 134. The first-order valence-electron chi connectivity index (χ1n) is 5.42. The summed E-state index contributed by atoms with van der Waals surface area (Å²) in [6.07, 6.45) is 5.53. The van der Waals surface area contributed by atoms with Crippen molar-refractivity contribution in [1.29, 1.82) is 0 Å². The van der Waals surface area contributed by atoms with Crippen molar-refractivity contribution < 1.29 is 4.74 Å². The van der Waals surface area contributed by atoms with Crippen molar-refractivity contribution >= 4 is 0 Å². The standard InChI is InChI=1S/C11H23NO/c1-9(8-13-3)6-11(12-2)7-10-4-5-10/h9-12H,4-8H2,1-3H3. The predicted molar refractivity (Wildman–Crippen MR) is 55.8 cm³/mol. The normalized spacial score (nSPS) is 21.5. The highest BCUT2D eigenvalue weighted by atomic mass is 16.5. The zero-order chi connectivity index (χ0) is 9.68. The lowest BCUT2D eigenvalue weighted by Crippen LogP contribution is -2.28. The van der Waals surface area contributed by atoms with E-state index in [4.69, 9.17) is 4.74 Å². The van der Waals surface area contributed by atoms with Crippen LogP contribution in [-0.4, -0.2) is 26.8 Å². The Morgan fingerprint density at radius 2 is 2.15 bits per heavy atom. The smallest absolute Gasteiger partial charge is 0.0488 e. The molecular weight excluding hydrogens is 162 g/mol. The molecule has 2 unspecified atom stereocenters. The number of ether oxygens (including phenoxy) is 1. The zero-order valence-electron chi connectivity index (χ0n) is 9.18. The maximum absolute atomic E-state index is 5.14. The average molecular weight is 185 g/mol. The lowest BCUT2D eigenvalue weighted by molar-refractivity contribution is 0.148. The highest BCUT2D eigenvalue weighted by molar-refractivity contribution is 4.80. The van der Waals surface area contributed by atoms with E-state index >= 15 is 0 Å². The van der Waals surface area contributed by atoms with Crippen LogP contribution < -0.4 is 5.32 Å². The van der Waals surface area contributed by atoms with Gasteiger partial charge < -0.3 is 10.1 Å². The summed E-state index contributed by atoms with van der Waals surface area (Å²) >= 11 is 0. The summed E-state index contributed by atoms with van der Waals surface area (Å²) in [4.78, 5) is 0. The van der Waals surface area contributed by atoms with Gasteiger partial charge in [0, 0.05) is 19.8 Å². The maximum atomic E-state index is 5.14. The van der Waals surface area contributed by atoms with Crippen LogP contribution in [-0.2, 0) is 4.74 Å². The second-order valence-corrected chi connectivity index (χ2v) is 4.46. The molecule has 2 nitrogen and oxygen atoms in total. The molecule has 2 heteroatoms. The lowest BCUT2D eigenvalue weighted by atomic mass is 9.98. The molecule has 1 aliphatic rings. The van der Waals surface area contributed by atoms with Gasteiger partial charge in [-0.1, -0.05) is 19.8 Å². The van der Waals surface area contributed by atoms with Gasteiger partial charge in [0.25, 0.3) is 0 Å². The number of hydrogen-bond donors (Lipinski definition) is 1. The fourth-order valence-electron chi connectivity index (χ4n) is 1.93. The van der Waals surface area contributed by atoms with E-state index in [0.29, 0.717) is 12.0 Å². The molecule has 1 fully saturated rings. The minimum Gasteiger partial charge on any atom is -0.384 e. The minimum atomic E-state index is 0.682. The minimum absolute atomic E-state index is 0.682. The Morgan fingerprint density at radius 1 is 1.46 bits per heavy atom. The fourth-order valence-corrected chi connectivity index (χ4v) is 1.93. The number of methoxy groups -OCH3 is 1. The Balaban J connectivity index is 2.13. The summed E-state index contributed by atoms with van der Waals surface area (Å²) in [5.74, 6) is 1.70. The van der Waals surface area contributed by atoms with Crippen LogP contribution in [0.15, 0.2) is 0 Å². The van der Waals surface area contributed by atoms with E-state index in [-0.39, 0.29) is 0 Å². The summed E-state index contributed by atoms with van der Waals surface area (Å²) < 4.78 is 5.14. The molecule has 0 aliphatic heterocycles. The SMILES string of the molecule is CNC(CC(C)COC)CC1CC1. The van der Waals surface area contributed by atoms with Crippen LogP contribution in [0.5, 0.6) is 0 Å². The lowest BCUT2D eigenvalue weighted by Gasteiger charge is -2.19. The van der Waals surface area contributed by atoms with Crippen LogP contribution in [0.3, 0.4) is 0 Å². The zero-order valence-corrected chi connectivity index (χ0v) is 9.18. The molecule has 1 saturated carbocycles. The monoisotopic (exact) mass is 185 g/mol. The molecule has 13 heavy (non-hydrogen) atoms. The first-order valence-corrected chi connectivity index (χ1v) is 5.42. The third-order valence-corrected chi connectivity index (χ3v) is 2.86. The summed E-state index contributed by atoms with van der Waals surface area (Å²) in [6, 6.07) is 0.706. The maximum Gasteiger partial charge on any atom is 0.0488 e. The van der Waals surface area contributed by atoms with Gasteiger partial charge in [-0.25, -0.2) is 0 Å². The molecule has 1 aliphatic carbocycles. The van der Waals surface area contributed by atoms with Crippen molar-refractivity contribution in [3.05, 3.63) is 0 Å². The third-order valence-electron chi connectivity index (χ3n) is 2.86. The molecule has 0 radical (unpaired) electrons. The van der Waals surface area contributed by atoms with Crippen molar-refractivity contribution in [3.8, 4) is 0 Å². The highest BCUT2D eigenvalue weighted by Gasteiger charge is 2.25. The van der Waals surface area contributed by atoms with E-state index in [0.717, 1.165) is 12.5 Å². The van der Waals surface area contributed by atoms with Crippen molar-refractivity contribution in [1.82, 2.24) is 5.32 Å². The molecule has 2 atom stereocenters. The molecule has 1 N–H and O–H groups in total. The van der Waals surface area contributed by atoms with Gasteiger partial charge in [-0.05, 0) is 31.7 Å². The van der Waals surface area contributed by atoms with Crippen molar-refractivity contribution in [2.24, 2.45) is 11.8 Å². The van der Waals surface area contributed by atoms with E-state index in [1.165, 1.54) is 25.7 Å². The van der Waals surface area contributed by atoms with E-state index < -0.39 is 0 Å². The summed E-state index contributed by atoms with van der Waals surface area (Å²) in [7, 11) is 3.86. The van der Waals surface area contributed by atoms with Crippen molar-refractivity contribution in [2.45, 2.75) is 38.6 Å². The van der Waals surface area contributed by atoms with Crippen LogP contribution >= 0.6 is 0 Å². The Hall–Kier alpha value is -0.0800. The number of rotatable bonds is 7. The van der Waals surface area contributed by atoms with Gasteiger partial charge in [-0.2, -0.15) is 0 Å². The van der Waals surface area contributed by atoms with Crippen LogP contribution in [0.1, 0.15) is 32.6 Å². The second-order valence-electron chi connectivity index (χ2n) is 4.46. The average Bonchev–Trinajstić information content (AvgIpc) is 2.87. The van der Waals surface area contributed by atoms with Crippen molar-refractivity contribution in [3.63, 3.8) is 0 Å². The Labute approximate surface area is 82.0 Å². The van der Waals surface area contributed by atoms with Gasteiger partial charge in [0.15, 0.2) is 0 Å². The van der Waals surface area contributed by atoms with Gasteiger partial charge in [0.1, 0.15) is 0 Å². The number of nitrogens with one attached hydrogen (secondary N) is 1. The molecule has 0 heterocycles. The van der Waals surface area contributed by atoms with Crippen LogP contribution in [0, 0.1) is 11.8 Å². The first kappa shape index (κ1) is 11.0. The van der Waals surface area contributed by atoms with E-state index in [2.05, 4.69) is 19.3 Å². The Kier molecular flexibility index (Phi) is 4.74. The summed E-state index contributed by atoms with van der Waals surface area (Å²) in [5.41, 5.74) is 0. The van der Waals surface area contributed by atoms with Crippen LogP contribution in [0.25, 0.3) is 0 Å². The molecule has 0 spiro atoms. The highest BCUT2D eigenvalue weighted by Crippen LogP contribution is 2.34. The van der Waals surface area contributed by atoms with Gasteiger partial charge in [0.2, 0.25) is 0 Å². The van der Waals surface area contributed by atoms with Gasteiger partial charge >= 0.3 is 0 Å². The molecule has 78 valence electrons. The van der Waals surface area contributed by atoms with Gasteiger partial charge in [-0.15, -0.1) is 0 Å². The van der Waals surface area contributed by atoms with E-state index in [1.807, 2.05) is 0 Å². The third kappa shape index (κ3) is 4.63.